The number of carbonyl (C=O) groups is 2. The fourth-order valence-electron chi connectivity index (χ4n) is 1.94. The van der Waals surface area contributed by atoms with Gasteiger partial charge in [-0.25, -0.2) is 0 Å². The molecule has 1 aromatic carbocycles. The second-order valence-corrected chi connectivity index (χ2v) is 5.21. The van der Waals surface area contributed by atoms with Crippen LogP contribution in [-0.2, 0) is 4.79 Å². The molecule has 0 aliphatic rings. The Morgan fingerprint density at radius 2 is 1.86 bits per heavy atom. The van der Waals surface area contributed by atoms with E-state index in [1.54, 1.807) is 12.1 Å². The molecule has 1 rings (SSSR count). The van der Waals surface area contributed by atoms with E-state index < -0.39 is 0 Å². The van der Waals surface area contributed by atoms with Crippen LogP contribution in [0.2, 0.25) is 5.02 Å². The summed E-state index contributed by atoms with van der Waals surface area (Å²) in [6.45, 7) is 0.687. The molecule has 0 saturated carbocycles. The van der Waals surface area contributed by atoms with Gasteiger partial charge in [0, 0.05) is 18.5 Å². The third-order valence-corrected chi connectivity index (χ3v) is 3.32. The van der Waals surface area contributed by atoms with Gasteiger partial charge in [-0.05, 0) is 37.6 Å². The fraction of sp³-hybridized carbons (Fsp3) is 0.467. The van der Waals surface area contributed by atoms with Gasteiger partial charge in [-0.3, -0.25) is 9.59 Å². The Labute approximate surface area is 142 Å². The number of nitrogens with two attached hydrogens (primary N) is 1. The summed E-state index contributed by atoms with van der Waals surface area (Å²) in [6.07, 6.45) is 4.25. The van der Waals surface area contributed by atoms with Crippen molar-refractivity contribution in [3.63, 3.8) is 0 Å². The summed E-state index contributed by atoms with van der Waals surface area (Å²) < 4.78 is 0. The van der Waals surface area contributed by atoms with E-state index >= 15 is 0 Å². The number of hydrogen-bond donors (Lipinski definition) is 3. The molecule has 0 radical (unpaired) electrons. The van der Waals surface area contributed by atoms with E-state index in [-0.39, 0.29) is 24.2 Å². The van der Waals surface area contributed by atoms with Crippen LogP contribution in [0.4, 0.5) is 5.69 Å². The number of anilines is 1. The molecule has 22 heavy (non-hydrogen) atoms. The lowest BCUT2D eigenvalue weighted by Gasteiger charge is -2.10. The largest absolute Gasteiger partial charge is 0.355 e. The molecule has 0 heterocycles. The van der Waals surface area contributed by atoms with Crippen LogP contribution < -0.4 is 16.4 Å². The highest BCUT2D eigenvalue weighted by Crippen LogP contribution is 2.21. The Morgan fingerprint density at radius 3 is 2.50 bits per heavy atom. The van der Waals surface area contributed by atoms with E-state index in [1.165, 1.54) is 13.1 Å². The van der Waals surface area contributed by atoms with Gasteiger partial charge >= 0.3 is 0 Å². The molecule has 7 heteroatoms. The molecule has 124 valence electrons. The van der Waals surface area contributed by atoms with Crippen molar-refractivity contribution in [3.05, 3.63) is 28.8 Å². The fourth-order valence-corrected chi connectivity index (χ4v) is 2.12. The maximum atomic E-state index is 11.9. The summed E-state index contributed by atoms with van der Waals surface area (Å²) in [4.78, 5) is 23.7. The maximum absolute atomic E-state index is 11.9. The number of rotatable bonds is 8. The first-order valence-corrected chi connectivity index (χ1v) is 7.48. The first-order valence-electron chi connectivity index (χ1n) is 7.10. The quantitative estimate of drug-likeness (QED) is 0.632. The lowest BCUT2D eigenvalue weighted by Crippen LogP contribution is -2.21. The second kappa shape index (κ2) is 11.3. The molecule has 0 aromatic heterocycles. The van der Waals surface area contributed by atoms with Gasteiger partial charge in [-0.2, -0.15) is 0 Å². The van der Waals surface area contributed by atoms with Gasteiger partial charge in [0.1, 0.15) is 0 Å². The van der Waals surface area contributed by atoms with Crippen LogP contribution in [0.3, 0.4) is 0 Å². The van der Waals surface area contributed by atoms with Crippen molar-refractivity contribution in [2.24, 2.45) is 5.73 Å². The minimum atomic E-state index is -0.282. The lowest BCUT2D eigenvalue weighted by atomic mass is 10.1. The number of unbranched alkanes of at least 4 members (excludes halogenated alkanes) is 3. The van der Waals surface area contributed by atoms with Crippen molar-refractivity contribution in [2.75, 3.05) is 18.9 Å². The summed E-state index contributed by atoms with van der Waals surface area (Å²) in [5.74, 6) is -0.383. The van der Waals surface area contributed by atoms with Crippen LogP contribution >= 0.6 is 24.0 Å². The molecule has 2 amide bonds. The third-order valence-electron chi connectivity index (χ3n) is 3.09. The van der Waals surface area contributed by atoms with Crippen LogP contribution in [0, 0.1) is 0 Å². The Balaban J connectivity index is 0.00000441. The van der Waals surface area contributed by atoms with E-state index in [2.05, 4.69) is 10.6 Å². The van der Waals surface area contributed by atoms with Gasteiger partial charge in [0.15, 0.2) is 0 Å². The summed E-state index contributed by atoms with van der Waals surface area (Å²) in [7, 11) is 1.53. The van der Waals surface area contributed by atoms with Crippen molar-refractivity contribution >= 4 is 41.5 Å². The van der Waals surface area contributed by atoms with Crippen molar-refractivity contribution in [2.45, 2.75) is 32.1 Å². The van der Waals surface area contributed by atoms with Gasteiger partial charge in [0.25, 0.3) is 5.91 Å². The SMILES string of the molecule is CNC(=O)c1cc(Cl)ccc1NC(=O)CCCCCCN.Cl. The zero-order valence-electron chi connectivity index (χ0n) is 12.7. The summed E-state index contributed by atoms with van der Waals surface area (Å²) in [5, 5.41) is 5.74. The van der Waals surface area contributed by atoms with Crippen LogP contribution in [0.5, 0.6) is 0 Å². The zero-order chi connectivity index (χ0) is 15.7. The van der Waals surface area contributed by atoms with Crippen molar-refractivity contribution < 1.29 is 9.59 Å². The number of carbonyl (C=O) groups excluding carboxylic acids is 2. The maximum Gasteiger partial charge on any atom is 0.253 e. The van der Waals surface area contributed by atoms with Gasteiger partial charge in [0.05, 0.1) is 11.3 Å². The first kappa shape index (κ1) is 20.7. The van der Waals surface area contributed by atoms with E-state index in [9.17, 15) is 9.59 Å². The minimum absolute atomic E-state index is 0. The number of amides is 2. The first-order chi connectivity index (χ1) is 10.1. The average Bonchev–Trinajstić information content (AvgIpc) is 2.48. The molecule has 0 bridgehead atoms. The number of nitrogens with one attached hydrogen (secondary N) is 2. The molecule has 0 unspecified atom stereocenters. The number of halogens is 2. The van der Waals surface area contributed by atoms with Crippen LogP contribution in [-0.4, -0.2) is 25.4 Å². The molecule has 4 N–H and O–H groups in total. The monoisotopic (exact) mass is 347 g/mol. The highest BCUT2D eigenvalue weighted by molar-refractivity contribution is 6.31. The van der Waals surface area contributed by atoms with Crippen LogP contribution in [0.25, 0.3) is 0 Å². The zero-order valence-corrected chi connectivity index (χ0v) is 14.2. The smallest absolute Gasteiger partial charge is 0.253 e. The summed E-state index contributed by atoms with van der Waals surface area (Å²) >= 11 is 5.88. The summed E-state index contributed by atoms with van der Waals surface area (Å²) in [5.41, 5.74) is 6.26. The molecule has 0 aliphatic heterocycles. The van der Waals surface area contributed by atoms with Crippen LogP contribution in [0.1, 0.15) is 42.5 Å². The highest BCUT2D eigenvalue weighted by Gasteiger charge is 2.12. The van der Waals surface area contributed by atoms with E-state index in [4.69, 9.17) is 17.3 Å². The van der Waals surface area contributed by atoms with Crippen molar-refractivity contribution in [1.29, 1.82) is 0 Å². The molecule has 0 atom stereocenters. The van der Waals surface area contributed by atoms with Crippen molar-refractivity contribution in [3.8, 4) is 0 Å². The second-order valence-electron chi connectivity index (χ2n) is 4.77. The van der Waals surface area contributed by atoms with Gasteiger partial charge in [-0.15, -0.1) is 12.4 Å². The molecule has 0 spiro atoms. The Kier molecular flexibility index (Phi) is 10.6. The normalized spacial score (nSPS) is 9.77. The van der Waals surface area contributed by atoms with Gasteiger partial charge in [0.2, 0.25) is 5.91 Å². The van der Waals surface area contributed by atoms with E-state index in [1.807, 2.05) is 0 Å². The van der Waals surface area contributed by atoms with Crippen molar-refractivity contribution in [1.82, 2.24) is 5.32 Å². The standard InChI is InChI=1S/C15H22ClN3O2.ClH/c1-18-15(21)12-10-11(16)7-8-13(12)19-14(20)6-4-2-3-5-9-17;/h7-8,10H,2-6,9,17H2,1H3,(H,18,21)(H,19,20);1H. The van der Waals surface area contributed by atoms with E-state index in [0.717, 1.165) is 25.7 Å². The molecule has 0 saturated heterocycles. The van der Waals surface area contributed by atoms with Gasteiger partial charge in [-0.1, -0.05) is 24.4 Å². The molecule has 5 nitrogen and oxygen atoms in total. The Morgan fingerprint density at radius 1 is 1.18 bits per heavy atom. The molecular weight excluding hydrogens is 325 g/mol. The lowest BCUT2D eigenvalue weighted by molar-refractivity contribution is -0.116. The number of hydrogen-bond acceptors (Lipinski definition) is 3. The highest BCUT2D eigenvalue weighted by atomic mass is 35.5. The molecule has 1 aromatic rings. The summed E-state index contributed by atoms with van der Waals surface area (Å²) in [6, 6.07) is 4.82. The molecule has 0 aliphatic carbocycles. The Hall–Kier alpha value is -1.30. The van der Waals surface area contributed by atoms with Crippen LogP contribution in [0.15, 0.2) is 18.2 Å². The predicted octanol–water partition coefficient (Wildman–Crippen LogP) is 2.97. The predicted molar refractivity (Wildman–Crippen MR) is 92.9 cm³/mol. The average molecular weight is 348 g/mol. The third kappa shape index (κ3) is 7.11. The topological polar surface area (TPSA) is 84.2 Å². The number of benzene rings is 1. The van der Waals surface area contributed by atoms with Gasteiger partial charge < -0.3 is 16.4 Å². The molecular formula is C15H23Cl2N3O2. The Bertz CT molecular complexity index is 496. The molecule has 0 fully saturated rings. The van der Waals surface area contributed by atoms with E-state index in [0.29, 0.717) is 29.2 Å². The minimum Gasteiger partial charge on any atom is -0.355 e.